The Labute approximate surface area is 159 Å². The smallest absolute Gasteiger partial charge is 0.209 e. The lowest BCUT2D eigenvalue weighted by Crippen LogP contribution is -2.17. The van der Waals surface area contributed by atoms with Crippen molar-refractivity contribution in [1.29, 1.82) is 0 Å². The third-order valence-electron chi connectivity index (χ3n) is 4.34. The minimum absolute atomic E-state index is 0.101. The van der Waals surface area contributed by atoms with Gasteiger partial charge in [-0.1, -0.05) is 47.4 Å². The van der Waals surface area contributed by atoms with Crippen molar-refractivity contribution in [2.24, 2.45) is 0 Å². The molecule has 1 fully saturated rings. The molecule has 26 heavy (non-hydrogen) atoms. The SMILES string of the molecule is Fc1ccc(C(Sc2nnc(N3CCCC3)s2)c2ccc(F)cc2)cc1. The largest absolute Gasteiger partial charge is 0.347 e. The van der Waals surface area contributed by atoms with E-state index in [0.29, 0.717) is 0 Å². The summed E-state index contributed by atoms with van der Waals surface area (Å²) in [7, 11) is 0. The second-order valence-electron chi connectivity index (χ2n) is 6.15. The van der Waals surface area contributed by atoms with E-state index in [0.717, 1.165) is 33.7 Å². The first kappa shape index (κ1) is 17.4. The van der Waals surface area contributed by atoms with E-state index >= 15 is 0 Å². The van der Waals surface area contributed by atoms with Gasteiger partial charge >= 0.3 is 0 Å². The highest BCUT2D eigenvalue weighted by Gasteiger charge is 2.21. The number of rotatable bonds is 5. The Kier molecular flexibility index (Phi) is 5.17. The van der Waals surface area contributed by atoms with Crippen molar-refractivity contribution in [2.75, 3.05) is 18.0 Å². The first-order valence-corrected chi connectivity index (χ1v) is 10.1. The lowest BCUT2D eigenvalue weighted by atomic mass is 10.0. The van der Waals surface area contributed by atoms with Crippen molar-refractivity contribution in [2.45, 2.75) is 22.4 Å². The van der Waals surface area contributed by atoms with Crippen LogP contribution in [0.4, 0.5) is 13.9 Å². The predicted molar refractivity (Wildman–Crippen MR) is 102 cm³/mol. The third kappa shape index (κ3) is 3.88. The number of halogens is 2. The standard InChI is InChI=1S/C19H17F2N3S2/c20-15-7-3-13(4-8-15)17(14-5-9-16(21)10-6-14)25-19-23-22-18(26-19)24-11-1-2-12-24/h3-10,17H,1-2,11-12H2. The number of anilines is 1. The fraction of sp³-hybridized carbons (Fsp3) is 0.263. The van der Waals surface area contributed by atoms with Crippen LogP contribution < -0.4 is 4.90 Å². The summed E-state index contributed by atoms with van der Waals surface area (Å²) in [5.74, 6) is -0.548. The molecule has 134 valence electrons. The first-order chi connectivity index (χ1) is 12.7. The molecule has 2 aromatic carbocycles. The van der Waals surface area contributed by atoms with Crippen LogP contribution in [0.5, 0.6) is 0 Å². The van der Waals surface area contributed by atoms with Gasteiger partial charge in [-0.2, -0.15) is 0 Å². The van der Waals surface area contributed by atoms with Crippen molar-refractivity contribution >= 4 is 28.2 Å². The molecule has 0 spiro atoms. The van der Waals surface area contributed by atoms with Crippen LogP contribution in [-0.4, -0.2) is 23.3 Å². The van der Waals surface area contributed by atoms with E-state index in [4.69, 9.17) is 0 Å². The summed E-state index contributed by atoms with van der Waals surface area (Å²) in [6, 6.07) is 12.8. The molecule has 0 aliphatic carbocycles. The van der Waals surface area contributed by atoms with Crippen LogP contribution in [0, 0.1) is 11.6 Å². The average Bonchev–Trinajstić information content (AvgIpc) is 3.33. The Balaban J connectivity index is 1.62. The molecule has 1 aliphatic heterocycles. The molecule has 2 heterocycles. The summed E-state index contributed by atoms with van der Waals surface area (Å²) in [6.07, 6.45) is 2.38. The molecule has 0 atom stereocenters. The van der Waals surface area contributed by atoms with E-state index < -0.39 is 0 Å². The maximum absolute atomic E-state index is 13.3. The lowest BCUT2D eigenvalue weighted by Gasteiger charge is -2.16. The maximum atomic E-state index is 13.3. The summed E-state index contributed by atoms with van der Waals surface area (Å²) >= 11 is 3.13. The molecule has 3 nitrogen and oxygen atoms in total. The summed E-state index contributed by atoms with van der Waals surface area (Å²) in [4.78, 5) is 2.26. The van der Waals surface area contributed by atoms with Crippen molar-refractivity contribution in [3.8, 4) is 0 Å². The second-order valence-corrected chi connectivity index (χ2v) is 8.45. The zero-order valence-electron chi connectivity index (χ0n) is 13.9. The van der Waals surface area contributed by atoms with Crippen molar-refractivity contribution in [3.05, 3.63) is 71.3 Å². The summed E-state index contributed by atoms with van der Waals surface area (Å²) in [6.45, 7) is 2.05. The van der Waals surface area contributed by atoms with Gasteiger partial charge in [0.05, 0.1) is 5.25 Å². The van der Waals surface area contributed by atoms with Gasteiger partial charge in [0.25, 0.3) is 0 Å². The number of aromatic nitrogens is 2. The van der Waals surface area contributed by atoms with Crippen LogP contribution in [0.25, 0.3) is 0 Å². The molecule has 0 radical (unpaired) electrons. The monoisotopic (exact) mass is 389 g/mol. The molecule has 7 heteroatoms. The van der Waals surface area contributed by atoms with Gasteiger partial charge in [0.2, 0.25) is 5.13 Å². The average molecular weight is 389 g/mol. The number of hydrogen-bond donors (Lipinski definition) is 0. The highest BCUT2D eigenvalue weighted by Crippen LogP contribution is 2.43. The number of thioether (sulfide) groups is 1. The Morgan fingerprint density at radius 3 is 1.92 bits per heavy atom. The summed E-state index contributed by atoms with van der Waals surface area (Å²) in [5.41, 5.74) is 1.89. The molecule has 1 aliphatic rings. The van der Waals surface area contributed by atoms with E-state index in [1.54, 1.807) is 47.4 Å². The van der Waals surface area contributed by atoms with Gasteiger partial charge in [-0.05, 0) is 48.2 Å². The van der Waals surface area contributed by atoms with Gasteiger partial charge < -0.3 is 4.90 Å². The molecule has 0 amide bonds. The molecule has 0 N–H and O–H groups in total. The van der Waals surface area contributed by atoms with Crippen LogP contribution in [-0.2, 0) is 0 Å². The van der Waals surface area contributed by atoms with Crippen molar-refractivity contribution < 1.29 is 8.78 Å². The Hall–Kier alpha value is -1.99. The van der Waals surface area contributed by atoms with Crippen molar-refractivity contribution in [1.82, 2.24) is 10.2 Å². The zero-order chi connectivity index (χ0) is 17.9. The Morgan fingerprint density at radius 2 is 1.38 bits per heavy atom. The van der Waals surface area contributed by atoms with Crippen LogP contribution in [0.15, 0.2) is 52.9 Å². The van der Waals surface area contributed by atoms with Crippen molar-refractivity contribution in [3.63, 3.8) is 0 Å². The minimum atomic E-state index is -0.274. The second kappa shape index (κ2) is 7.72. The Bertz CT molecular complexity index is 814. The third-order valence-corrected chi connectivity index (χ3v) is 6.72. The van der Waals surface area contributed by atoms with Crippen LogP contribution in [0.2, 0.25) is 0 Å². The molecule has 0 unspecified atom stereocenters. The van der Waals surface area contributed by atoms with Gasteiger partial charge in [0.15, 0.2) is 4.34 Å². The topological polar surface area (TPSA) is 29.0 Å². The van der Waals surface area contributed by atoms with Gasteiger partial charge in [-0.15, -0.1) is 10.2 Å². The van der Waals surface area contributed by atoms with Crippen LogP contribution >= 0.6 is 23.1 Å². The van der Waals surface area contributed by atoms with Gasteiger partial charge in [0.1, 0.15) is 11.6 Å². The molecular formula is C19H17F2N3S2. The van der Waals surface area contributed by atoms with E-state index in [9.17, 15) is 8.78 Å². The zero-order valence-corrected chi connectivity index (χ0v) is 15.6. The summed E-state index contributed by atoms with van der Waals surface area (Å²) < 4.78 is 27.5. The number of nitrogens with zero attached hydrogens (tertiary/aromatic N) is 3. The van der Waals surface area contributed by atoms with E-state index in [2.05, 4.69) is 15.1 Å². The van der Waals surface area contributed by atoms with Gasteiger partial charge in [0, 0.05) is 13.1 Å². The van der Waals surface area contributed by atoms with E-state index in [1.807, 2.05) is 0 Å². The normalized spacial score (nSPS) is 14.3. The highest BCUT2D eigenvalue weighted by atomic mass is 32.2. The molecule has 1 aromatic heterocycles. The Morgan fingerprint density at radius 1 is 0.846 bits per heavy atom. The van der Waals surface area contributed by atoms with Gasteiger partial charge in [-0.3, -0.25) is 0 Å². The first-order valence-electron chi connectivity index (χ1n) is 8.45. The number of benzene rings is 2. The molecule has 4 rings (SSSR count). The quantitative estimate of drug-likeness (QED) is 0.554. The molecule has 0 bridgehead atoms. The molecule has 3 aromatic rings. The van der Waals surface area contributed by atoms with E-state index in [-0.39, 0.29) is 16.9 Å². The fourth-order valence-corrected chi connectivity index (χ4v) is 5.20. The molecule has 1 saturated heterocycles. The maximum Gasteiger partial charge on any atom is 0.209 e. The van der Waals surface area contributed by atoms with Crippen LogP contribution in [0.1, 0.15) is 29.2 Å². The lowest BCUT2D eigenvalue weighted by molar-refractivity contribution is 0.626. The highest BCUT2D eigenvalue weighted by molar-refractivity contribution is 8.01. The molecular weight excluding hydrogens is 372 g/mol. The fourth-order valence-electron chi connectivity index (χ4n) is 2.99. The van der Waals surface area contributed by atoms with Crippen LogP contribution in [0.3, 0.4) is 0 Å². The van der Waals surface area contributed by atoms with E-state index in [1.165, 1.54) is 37.1 Å². The molecule has 0 saturated carbocycles. The predicted octanol–water partition coefficient (Wildman–Crippen LogP) is 5.30. The number of hydrogen-bond acceptors (Lipinski definition) is 5. The van der Waals surface area contributed by atoms with Gasteiger partial charge in [-0.25, -0.2) is 8.78 Å². The summed E-state index contributed by atoms with van der Waals surface area (Å²) in [5, 5.41) is 9.49. The minimum Gasteiger partial charge on any atom is -0.347 e.